The van der Waals surface area contributed by atoms with E-state index in [0.717, 1.165) is 89.2 Å². The van der Waals surface area contributed by atoms with Crippen LogP contribution in [0.5, 0.6) is 40.2 Å². The van der Waals surface area contributed by atoms with Gasteiger partial charge in [-0.25, -0.2) is 19.2 Å². The molecule has 0 saturated heterocycles. The summed E-state index contributed by atoms with van der Waals surface area (Å²) in [5, 5.41) is 19.3. The summed E-state index contributed by atoms with van der Waals surface area (Å²) >= 11 is 0. The first kappa shape index (κ1) is 65.2. The maximum Gasteiger partial charge on any atom is 0.347 e. The highest BCUT2D eigenvalue weighted by atomic mass is 16.6. The molecule has 5 aromatic rings. The number of carbonyl (C=O) groups is 4. The normalized spacial score (nSPS) is 10.8. The van der Waals surface area contributed by atoms with Gasteiger partial charge in [-0.2, -0.15) is 10.5 Å². The summed E-state index contributed by atoms with van der Waals surface area (Å²) in [4.78, 5) is 57.9. The van der Waals surface area contributed by atoms with Gasteiger partial charge in [0.15, 0.2) is 11.5 Å². The van der Waals surface area contributed by atoms with Crippen LogP contribution in [0.15, 0.2) is 103 Å². The topological polar surface area (TPSA) is 180 Å². The number of hydrogen-bond donors (Lipinski definition) is 0. The molecule has 0 saturated carbocycles. The first-order valence-corrected chi connectivity index (χ1v) is 30.4. The van der Waals surface area contributed by atoms with Crippen molar-refractivity contribution in [3.8, 4) is 52.4 Å². The molecular formula is C69H86N2O11. The van der Waals surface area contributed by atoms with Crippen molar-refractivity contribution in [3.05, 3.63) is 137 Å². The second-order valence-corrected chi connectivity index (χ2v) is 20.8. The third kappa shape index (κ3) is 23.1. The molecule has 0 fully saturated rings. The minimum Gasteiger partial charge on any atom is -0.493 e. The fourth-order valence-electron chi connectivity index (χ4n) is 9.41. The summed E-state index contributed by atoms with van der Waals surface area (Å²) in [7, 11) is 0. The Hall–Kier alpha value is -7.64. The van der Waals surface area contributed by atoms with Crippen molar-refractivity contribution in [2.75, 3.05) is 19.8 Å². The molecule has 13 nitrogen and oxygen atoms in total. The van der Waals surface area contributed by atoms with Crippen LogP contribution < -0.4 is 33.2 Å². The van der Waals surface area contributed by atoms with Crippen LogP contribution in [0.25, 0.3) is 0 Å². The van der Waals surface area contributed by atoms with Crippen molar-refractivity contribution < 1.29 is 52.3 Å². The number of para-hydroxylation sites is 3. The van der Waals surface area contributed by atoms with E-state index in [4.69, 9.17) is 33.2 Å². The molecule has 82 heavy (non-hydrogen) atoms. The van der Waals surface area contributed by atoms with E-state index in [2.05, 4.69) is 20.8 Å². The lowest BCUT2D eigenvalue weighted by molar-refractivity contribution is 0.0648. The zero-order valence-electron chi connectivity index (χ0n) is 48.9. The first-order chi connectivity index (χ1) is 40.2. The average molecular weight is 1120 g/mol. The quantitative estimate of drug-likeness (QED) is 0.0205. The zero-order valence-corrected chi connectivity index (χ0v) is 48.9. The van der Waals surface area contributed by atoms with Crippen LogP contribution in [0, 0.1) is 22.7 Å². The van der Waals surface area contributed by atoms with Crippen molar-refractivity contribution in [2.24, 2.45) is 0 Å². The van der Waals surface area contributed by atoms with Gasteiger partial charge in [-0.1, -0.05) is 211 Å². The van der Waals surface area contributed by atoms with Crippen LogP contribution in [0.2, 0.25) is 0 Å². The molecule has 0 bridgehead atoms. The standard InChI is InChI=1S/C69H86N2O11/c1-4-7-10-13-16-19-22-25-34-45-76-60-40-31-28-37-57(60)67(73)80-63-49-54(66(72)79-56-44-43-53(51-70)55(48-56)52-71)50-64(81-68(74)58-38-29-32-41-61(58)77-46-35-26-23-20-17-14-11-8-5-2)65(63)82-69(75)59-39-30-33-42-62(59)78-47-36-27-24-21-18-15-12-9-6-3/h28-33,37-44,48-50H,4-27,34-36,45-47H2,1-3H3. The fraction of sp³-hybridized carbons (Fsp3) is 0.478. The Kier molecular flexibility index (Phi) is 30.9. The van der Waals surface area contributed by atoms with Crippen LogP contribution in [-0.4, -0.2) is 43.7 Å². The smallest absolute Gasteiger partial charge is 0.347 e. The maximum atomic E-state index is 14.6. The van der Waals surface area contributed by atoms with Crippen molar-refractivity contribution in [3.63, 3.8) is 0 Å². The second kappa shape index (κ2) is 38.9. The Bertz CT molecular complexity index is 2730. The average Bonchev–Trinajstić information content (AvgIpc) is 3.53. The highest BCUT2D eigenvalue weighted by molar-refractivity contribution is 6.00. The van der Waals surface area contributed by atoms with Gasteiger partial charge in [0.1, 0.15) is 51.8 Å². The summed E-state index contributed by atoms with van der Waals surface area (Å²) in [6, 6.07) is 29.8. The summed E-state index contributed by atoms with van der Waals surface area (Å²) < 4.78 is 42.7. The van der Waals surface area contributed by atoms with Crippen LogP contribution in [0.4, 0.5) is 0 Å². The van der Waals surface area contributed by atoms with Gasteiger partial charge in [0.2, 0.25) is 5.75 Å². The van der Waals surface area contributed by atoms with Gasteiger partial charge in [0.25, 0.3) is 0 Å². The number of nitriles is 2. The minimum absolute atomic E-state index is 0.0332. The molecule has 0 unspecified atom stereocenters. The van der Waals surface area contributed by atoms with Crippen LogP contribution in [0.3, 0.4) is 0 Å². The van der Waals surface area contributed by atoms with Crippen LogP contribution in [0.1, 0.15) is 247 Å². The molecule has 0 heterocycles. The Morgan fingerprint density at radius 2 is 0.671 bits per heavy atom. The summed E-state index contributed by atoms with van der Waals surface area (Å²) in [6.45, 7) is 7.67. The van der Waals surface area contributed by atoms with E-state index in [1.807, 2.05) is 12.1 Å². The van der Waals surface area contributed by atoms with E-state index in [1.54, 1.807) is 54.6 Å². The SMILES string of the molecule is CCCCCCCCCCCOc1ccccc1C(=O)Oc1cc(C(=O)Oc2ccc(C#N)c(C#N)c2)cc(OC(=O)c2ccccc2OCCCCCCCCCCC)c1OC(=O)c1ccccc1OCCCCCCCCCCC. The molecule has 0 radical (unpaired) electrons. The lowest BCUT2D eigenvalue weighted by Gasteiger charge is -2.18. The Morgan fingerprint density at radius 1 is 0.341 bits per heavy atom. The number of benzene rings is 5. The Morgan fingerprint density at radius 3 is 1.02 bits per heavy atom. The largest absolute Gasteiger partial charge is 0.493 e. The van der Waals surface area contributed by atoms with E-state index in [0.29, 0.717) is 19.8 Å². The van der Waals surface area contributed by atoms with Crippen molar-refractivity contribution in [1.82, 2.24) is 0 Å². The molecular weight excluding hydrogens is 1030 g/mol. The van der Waals surface area contributed by atoms with Crippen molar-refractivity contribution >= 4 is 23.9 Å². The maximum absolute atomic E-state index is 14.6. The lowest BCUT2D eigenvalue weighted by Crippen LogP contribution is -2.18. The third-order valence-corrected chi connectivity index (χ3v) is 14.1. The van der Waals surface area contributed by atoms with E-state index in [-0.39, 0.29) is 56.4 Å². The molecule has 13 heteroatoms. The Balaban J connectivity index is 1.48. The van der Waals surface area contributed by atoms with E-state index >= 15 is 0 Å². The summed E-state index contributed by atoms with van der Waals surface area (Å²) in [6.07, 6.45) is 30.3. The molecule has 438 valence electrons. The van der Waals surface area contributed by atoms with E-state index in [1.165, 1.54) is 133 Å². The molecule has 0 spiro atoms. The molecule has 0 aliphatic carbocycles. The number of rotatable bonds is 41. The summed E-state index contributed by atoms with van der Waals surface area (Å²) in [5.41, 5.74) is -0.149. The number of ether oxygens (including phenoxy) is 7. The molecule has 0 aliphatic heterocycles. The number of hydrogen-bond acceptors (Lipinski definition) is 13. The molecule has 5 aromatic carbocycles. The summed E-state index contributed by atoms with van der Waals surface area (Å²) in [5.74, 6) is -4.66. The molecule has 0 aliphatic rings. The van der Waals surface area contributed by atoms with Gasteiger partial charge < -0.3 is 33.2 Å². The third-order valence-electron chi connectivity index (χ3n) is 14.1. The molecule has 5 rings (SSSR count). The highest BCUT2D eigenvalue weighted by Gasteiger charge is 2.29. The van der Waals surface area contributed by atoms with Crippen LogP contribution in [-0.2, 0) is 0 Å². The molecule has 0 atom stereocenters. The number of nitrogens with zero attached hydrogens (tertiary/aromatic N) is 2. The van der Waals surface area contributed by atoms with Gasteiger partial charge >= 0.3 is 23.9 Å². The van der Waals surface area contributed by atoms with Crippen molar-refractivity contribution in [1.29, 1.82) is 10.5 Å². The van der Waals surface area contributed by atoms with Gasteiger partial charge in [0.05, 0.1) is 36.5 Å². The lowest BCUT2D eigenvalue weighted by atomic mass is 10.1. The molecule has 0 aromatic heterocycles. The van der Waals surface area contributed by atoms with Crippen LogP contribution >= 0.6 is 0 Å². The second-order valence-electron chi connectivity index (χ2n) is 20.8. The van der Waals surface area contributed by atoms with E-state index in [9.17, 15) is 29.7 Å². The fourth-order valence-corrected chi connectivity index (χ4v) is 9.41. The van der Waals surface area contributed by atoms with Gasteiger partial charge in [-0.05, 0) is 79.9 Å². The molecule has 0 N–H and O–H groups in total. The predicted octanol–water partition coefficient (Wildman–Crippen LogP) is 18.0. The Labute approximate surface area is 487 Å². The highest BCUT2D eigenvalue weighted by Crippen LogP contribution is 2.42. The molecule has 0 amide bonds. The van der Waals surface area contributed by atoms with E-state index < -0.39 is 41.1 Å². The van der Waals surface area contributed by atoms with Gasteiger partial charge in [0, 0.05) is 6.07 Å². The zero-order chi connectivity index (χ0) is 58.4. The number of unbranched alkanes of at least 4 members (excludes halogenated alkanes) is 24. The number of carbonyl (C=O) groups excluding carboxylic acids is 4. The monoisotopic (exact) mass is 1120 g/mol. The minimum atomic E-state index is -1.04. The van der Waals surface area contributed by atoms with Gasteiger partial charge in [-0.3, -0.25) is 0 Å². The van der Waals surface area contributed by atoms with Gasteiger partial charge in [-0.15, -0.1) is 0 Å². The predicted molar refractivity (Wildman–Crippen MR) is 320 cm³/mol. The number of esters is 4. The van der Waals surface area contributed by atoms with Crippen molar-refractivity contribution in [2.45, 2.75) is 194 Å². The first-order valence-electron chi connectivity index (χ1n) is 30.4.